The third-order valence-corrected chi connectivity index (χ3v) is 7.37. The molecule has 0 radical (unpaired) electrons. The summed E-state index contributed by atoms with van der Waals surface area (Å²) in [5, 5.41) is 15.6. The third kappa shape index (κ3) is 4.55. The highest BCUT2D eigenvalue weighted by atomic mass is 16.1. The minimum atomic E-state index is -0.145. The van der Waals surface area contributed by atoms with Gasteiger partial charge < -0.3 is 20.9 Å². The van der Waals surface area contributed by atoms with Crippen LogP contribution in [0.15, 0.2) is 85.5 Å². The number of carbonyl (C=O) groups is 1. The number of piperazine rings is 1. The quantitative estimate of drug-likeness (QED) is 0.301. The third-order valence-electron chi connectivity index (χ3n) is 7.37. The van der Waals surface area contributed by atoms with Crippen molar-refractivity contribution in [2.45, 2.75) is 25.0 Å². The number of nitrogens with one attached hydrogen (secondary N) is 3. The lowest BCUT2D eigenvalue weighted by Crippen LogP contribution is -2.44. The predicted molar refractivity (Wildman–Crippen MR) is 149 cm³/mol. The molecular formula is C29H27N9O. The fourth-order valence-corrected chi connectivity index (χ4v) is 5.45. The van der Waals surface area contributed by atoms with Gasteiger partial charge in [-0.05, 0) is 36.2 Å². The summed E-state index contributed by atoms with van der Waals surface area (Å²) in [7, 11) is 0. The van der Waals surface area contributed by atoms with Crippen molar-refractivity contribution in [3.8, 4) is 5.69 Å². The van der Waals surface area contributed by atoms with Crippen LogP contribution >= 0.6 is 0 Å². The molecule has 0 spiro atoms. The van der Waals surface area contributed by atoms with E-state index >= 15 is 0 Å². The lowest BCUT2D eigenvalue weighted by atomic mass is 10.1. The number of fused-ring (bicyclic) bond motifs is 3. The average molecular weight is 518 g/mol. The molecule has 3 aromatic heterocycles. The Morgan fingerprint density at radius 3 is 2.74 bits per heavy atom. The van der Waals surface area contributed by atoms with E-state index in [1.54, 1.807) is 18.6 Å². The molecule has 5 aromatic rings. The van der Waals surface area contributed by atoms with E-state index in [0.29, 0.717) is 35.8 Å². The van der Waals surface area contributed by atoms with E-state index in [1.807, 2.05) is 65.5 Å². The second-order valence-electron chi connectivity index (χ2n) is 9.90. The zero-order chi connectivity index (χ0) is 26.2. The molecule has 3 N–H and O–H groups in total. The lowest BCUT2D eigenvalue weighted by molar-refractivity contribution is 0.0951. The molecule has 2 aromatic carbocycles. The first-order valence-electron chi connectivity index (χ1n) is 13.1. The van der Waals surface area contributed by atoms with Crippen molar-refractivity contribution in [3.05, 3.63) is 96.6 Å². The van der Waals surface area contributed by atoms with Crippen LogP contribution in [0.4, 0.5) is 17.5 Å². The highest BCUT2D eigenvalue weighted by Gasteiger charge is 2.38. The van der Waals surface area contributed by atoms with Crippen molar-refractivity contribution >= 4 is 34.3 Å². The van der Waals surface area contributed by atoms with Crippen LogP contribution in [0.3, 0.4) is 0 Å². The van der Waals surface area contributed by atoms with Crippen molar-refractivity contribution in [2.75, 3.05) is 23.3 Å². The maximum atomic E-state index is 13.1. The maximum Gasteiger partial charge on any atom is 0.251 e. The standard InChI is InChI=1S/C29H27N9O/c39-29(34-15-19-4-2-1-3-5-19)20-6-7-24-25(12-20)38(36-28(24)35-26-17-30-10-11-31-26)22-8-9-32-27(14-22)37-18-21-13-23(37)16-33-21/h1-12,14,17,21,23,33H,13,15-16,18H2,(H,34,39)(H,31,35,36)/t21-,23-/m0/s1. The Balaban J connectivity index is 1.25. The van der Waals surface area contributed by atoms with Gasteiger partial charge in [-0.25, -0.2) is 14.6 Å². The van der Waals surface area contributed by atoms with Crippen molar-refractivity contribution in [3.63, 3.8) is 0 Å². The fourth-order valence-electron chi connectivity index (χ4n) is 5.45. The van der Waals surface area contributed by atoms with Crippen molar-refractivity contribution < 1.29 is 4.79 Å². The van der Waals surface area contributed by atoms with Crippen molar-refractivity contribution in [1.82, 2.24) is 35.4 Å². The summed E-state index contributed by atoms with van der Waals surface area (Å²) in [4.78, 5) is 28.7. The van der Waals surface area contributed by atoms with Gasteiger partial charge in [0.05, 0.1) is 17.4 Å². The molecule has 2 bridgehead atoms. The van der Waals surface area contributed by atoms with Gasteiger partial charge in [-0.3, -0.25) is 9.78 Å². The number of carbonyl (C=O) groups excluding carboxylic acids is 1. The Morgan fingerprint density at radius 2 is 1.95 bits per heavy atom. The molecular weight excluding hydrogens is 490 g/mol. The van der Waals surface area contributed by atoms with Crippen LogP contribution in [0.2, 0.25) is 0 Å². The van der Waals surface area contributed by atoms with Gasteiger partial charge in [0.2, 0.25) is 0 Å². The molecule has 2 saturated heterocycles. The number of rotatable bonds is 7. The number of benzene rings is 2. The van der Waals surface area contributed by atoms with E-state index in [9.17, 15) is 4.79 Å². The smallest absolute Gasteiger partial charge is 0.251 e. The Morgan fingerprint density at radius 1 is 1.03 bits per heavy atom. The Kier molecular flexibility index (Phi) is 5.86. The molecule has 39 heavy (non-hydrogen) atoms. The first-order valence-corrected chi connectivity index (χ1v) is 13.1. The van der Waals surface area contributed by atoms with Crippen LogP contribution in [0, 0.1) is 0 Å². The predicted octanol–water partition coefficient (Wildman–Crippen LogP) is 3.43. The van der Waals surface area contributed by atoms with Crippen molar-refractivity contribution in [2.24, 2.45) is 0 Å². The molecule has 1 amide bonds. The summed E-state index contributed by atoms with van der Waals surface area (Å²) in [6.07, 6.45) is 7.87. The molecule has 10 heteroatoms. The highest BCUT2D eigenvalue weighted by molar-refractivity contribution is 6.01. The van der Waals surface area contributed by atoms with Crippen LogP contribution in [0.5, 0.6) is 0 Å². The van der Waals surface area contributed by atoms with E-state index in [-0.39, 0.29) is 5.91 Å². The Hall–Kier alpha value is -4.83. The van der Waals surface area contributed by atoms with E-state index in [2.05, 4.69) is 41.9 Å². The van der Waals surface area contributed by atoms with Gasteiger partial charge >= 0.3 is 0 Å². The zero-order valence-electron chi connectivity index (χ0n) is 21.2. The normalized spacial score (nSPS) is 18.0. The summed E-state index contributed by atoms with van der Waals surface area (Å²) in [5.74, 6) is 2.01. The number of amides is 1. The van der Waals surface area contributed by atoms with Crippen LogP contribution < -0.4 is 20.9 Å². The molecule has 194 valence electrons. The topological polar surface area (TPSA) is 113 Å². The number of hydrogen-bond acceptors (Lipinski definition) is 8. The molecule has 0 aliphatic carbocycles. The summed E-state index contributed by atoms with van der Waals surface area (Å²) < 4.78 is 1.86. The van der Waals surface area contributed by atoms with E-state index in [4.69, 9.17) is 5.10 Å². The number of hydrogen-bond donors (Lipinski definition) is 3. The number of pyridine rings is 1. The molecule has 5 heterocycles. The summed E-state index contributed by atoms with van der Waals surface area (Å²) >= 11 is 0. The molecule has 2 aliphatic rings. The van der Waals surface area contributed by atoms with E-state index < -0.39 is 0 Å². The number of anilines is 3. The largest absolute Gasteiger partial charge is 0.351 e. The lowest BCUT2D eigenvalue weighted by Gasteiger charge is -2.28. The Bertz CT molecular complexity index is 1640. The Labute approximate surface area is 225 Å². The number of aromatic nitrogens is 5. The van der Waals surface area contributed by atoms with Gasteiger partial charge in [-0.2, -0.15) is 0 Å². The molecule has 2 aliphatic heterocycles. The molecule has 2 fully saturated rings. The zero-order valence-corrected chi connectivity index (χ0v) is 21.2. The second kappa shape index (κ2) is 9.80. The monoisotopic (exact) mass is 517 g/mol. The SMILES string of the molecule is O=C(NCc1ccccc1)c1ccc2c(Nc3cnccn3)nn(-c3ccnc(N4C[C@@H]5C[C@H]4CN5)c3)c2c1. The average Bonchev–Trinajstić information content (AvgIpc) is 3.72. The summed E-state index contributed by atoms with van der Waals surface area (Å²) in [6.45, 7) is 2.39. The van der Waals surface area contributed by atoms with Gasteiger partial charge in [0.1, 0.15) is 11.6 Å². The molecule has 10 nitrogen and oxygen atoms in total. The molecule has 0 unspecified atom stereocenters. The first-order chi connectivity index (χ1) is 19.2. The van der Waals surface area contributed by atoms with Gasteiger partial charge in [0.25, 0.3) is 5.91 Å². The van der Waals surface area contributed by atoms with Crippen molar-refractivity contribution in [1.29, 1.82) is 0 Å². The summed E-state index contributed by atoms with van der Waals surface area (Å²) in [6, 6.07) is 20.5. The van der Waals surface area contributed by atoms with E-state index in [1.165, 1.54) is 0 Å². The maximum absolute atomic E-state index is 13.1. The molecule has 7 rings (SSSR count). The number of nitrogens with zero attached hydrogens (tertiary/aromatic N) is 6. The second-order valence-corrected chi connectivity index (χ2v) is 9.90. The van der Waals surface area contributed by atoms with Crippen LogP contribution in [0.1, 0.15) is 22.3 Å². The van der Waals surface area contributed by atoms with Gasteiger partial charge in [0.15, 0.2) is 5.82 Å². The first kappa shape index (κ1) is 23.3. The highest BCUT2D eigenvalue weighted by Crippen LogP contribution is 2.32. The van der Waals surface area contributed by atoms with Crippen LogP contribution in [-0.4, -0.2) is 55.8 Å². The van der Waals surface area contributed by atoms with E-state index in [0.717, 1.165) is 47.5 Å². The minimum Gasteiger partial charge on any atom is -0.351 e. The molecule has 0 saturated carbocycles. The van der Waals surface area contributed by atoms with Gasteiger partial charge in [0, 0.05) is 67.3 Å². The van der Waals surface area contributed by atoms with Gasteiger partial charge in [-0.15, -0.1) is 5.10 Å². The van der Waals surface area contributed by atoms with Crippen LogP contribution in [0.25, 0.3) is 16.6 Å². The summed E-state index contributed by atoms with van der Waals surface area (Å²) in [5.41, 5.74) is 3.27. The van der Waals surface area contributed by atoms with Gasteiger partial charge in [-0.1, -0.05) is 30.3 Å². The van der Waals surface area contributed by atoms with Crippen LogP contribution in [-0.2, 0) is 6.54 Å². The fraction of sp³-hybridized carbons (Fsp3) is 0.207. The minimum absolute atomic E-state index is 0.145. The molecule has 2 atom stereocenters.